The van der Waals surface area contributed by atoms with Gasteiger partial charge in [0.05, 0.1) is 16.6 Å². The van der Waals surface area contributed by atoms with Gasteiger partial charge in [0.15, 0.2) is 0 Å². The van der Waals surface area contributed by atoms with Crippen LogP contribution in [0.25, 0.3) is 0 Å². The molecular weight excluding hydrogens is 388 g/mol. The zero-order valence-corrected chi connectivity index (χ0v) is 15.7. The van der Waals surface area contributed by atoms with E-state index in [1.165, 1.54) is 18.4 Å². The van der Waals surface area contributed by atoms with Crippen LogP contribution in [0.1, 0.15) is 34.8 Å². The predicted molar refractivity (Wildman–Crippen MR) is 101 cm³/mol. The van der Waals surface area contributed by atoms with Crippen LogP contribution in [0.5, 0.6) is 0 Å². The van der Waals surface area contributed by atoms with E-state index in [-0.39, 0.29) is 11.9 Å². The molecule has 1 atom stereocenters. The predicted octanol–water partition coefficient (Wildman–Crippen LogP) is 4.67. The van der Waals surface area contributed by atoms with Crippen LogP contribution in [0.2, 0.25) is 5.02 Å². The molecule has 5 heteroatoms. The normalized spacial score (nSPS) is 16.1. The highest BCUT2D eigenvalue weighted by atomic mass is 79.9. The van der Waals surface area contributed by atoms with Gasteiger partial charge in [-0.05, 0) is 49.7 Å². The average molecular weight is 408 g/mol. The van der Waals surface area contributed by atoms with Crippen LogP contribution in [0.15, 0.2) is 53.0 Å². The highest BCUT2D eigenvalue weighted by Gasteiger charge is 2.24. The second kappa shape index (κ2) is 8.15. The number of halogens is 2. The van der Waals surface area contributed by atoms with Crippen molar-refractivity contribution in [3.8, 4) is 0 Å². The number of nitrogens with one attached hydrogen (secondary N) is 1. The Balaban J connectivity index is 1.73. The summed E-state index contributed by atoms with van der Waals surface area (Å²) in [6, 6.07) is 15.9. The first-order valence-electron chi connectivity index (χ1n) is 8.17. The van der Waals surface area contributed by atoms with Gasteiger partial charge >= 0.3 is 0 Å². The van der Waals surface area contributed by atoms with E-state index in [0.717, 1.165) is 17.6 Å². The van der Waals surface area contributed by atoms with Gasteiger partial charge in [-0.25, -0.2) is 0 Å². The summed E-state index contributed by atoms with van der Waals surface area (Å²) in [5, 5.41) is 3.52. The molecule has 2 aromatic carbocycles. The highest BCUT2D eigenvalue weighted by molar-refractivity contribution is 9.10. The molecule has 2 aromatic rings. The minimum absolute atomic E-state index is 0.138. The standard InChI is InChI=1S/C19H20BrClN2O/c20-15-8-9-17(21)16(12-15)19(24)22-13-18(23-10-4-5-11-23)14-6-2-1-3-7-14/h1-3,6-9,12,18H,4-5,10-11,13H2,(H,22,24). The van der Waals surface area contributed by atoms with Gasteiger partial charge in [0.2, 0.25) is 0 Å². The molecule has 0 saturated carbocycles. The largest absolute Gasteiger partial charge is 0.350 e. The Morgan fingerprint density at radius 2 is 1.88 bits per heavy atom. The van der Waals surface area contributed by atoms with Crippen molar-refractivity contribution in [3.63, 3.8) is 0 Å². The minimum atomic E-state index is -0.138. The lowest BCUT2D eigenvalue weighted by Gasteiger charge is -2.28. The molecule has 3 nitrogen and oxygen atoms in total. The van der Waals surface area contributed by atoms with Crippen molar-refractivity contribution in [1.82, 2.24) is 10.2 Å². The Hall–Kier alpha value is -1.36. The van der Waals surface area contributed by atoms with Crippen LogP contribution in [0.4, 0.5) is 0 Å². The monoisotopic (exact) mass is 406 g/mol. The third kappa shape index (κ3) is 4.18. The van der Waals surface area contributed by atoms with E-state index in [9.17, 15) is 4.79 Å². The number of carbonyl (C=O) groups is 1. The number of amides is 1. The molecule has 1 amide bonds. The van der Waals surface area contributed by atoms with Gasteiger partial charge in [-0.15, -0.1) is 0 Å². The summed E-state index contributed by atoms with van der Waals surface area (Å²) >= 11 is 9.55. The summed E-state index contributed by atoms with van der Waals surface area (Å²) < 4.78 is 0.844. The lowest BCUT2D eigenvalue weighted by atomic mass is 10.1. The molecule has 1 fully saturated rings. The average Bonchev–Trinajstić information content (AvgIpc) is 3.12. The number of hydrogen-bond acceptors (Lipinski definition) is 2. The van der Waals surface area contributed by atoms with E-state index in [1.54, 1.807) is 12.1 Å². The Bertz CT molecular complexity index is 702. The summed E-state index contributed by atoms with van der Waals surface area (Å²) in [5.41, 5.74) is 1.74. The Labute approximate surface area is 156 Å². The molecule has 126 valence electrons. The van der Waals surface area contributed by atoms with Crippen molar-refractivity contribution in [1.29, 1.82) is 0 Å². The van der Waals surface area contributed by atoms with Crippen molar-refractivity contribution in [2.24, 2.45) is 0 Å². The van der Waals surface area contributed by atoms with Crippen molar-refractivity contribution >= 4 is 33.4 Å². The molecule has 1 heterocycles. The number of carbonyl (C=O) groups excluding carboxylic acids is 1. The first-order valence-corrected chi connectivity index (χ1v) is 9.34. The molecule has 3 rings (SSSR count). The van der Waals surface area contributed by atoms with Gasteiger partial charge in [-0.1, -0.05) is 57.9 Å². The first kappa shape index (κ1) is 17.5. The third-order valence-corrected chi connectivity index (χ3v) is 5.22. The number of rotatable bonds is 5. The van der Waals surface area contributed by atoms with E-state index in [4.69, 9.17) is 11.6 Å². The molecule has 1 N–H and O–H groups in total. The lowest BCUT2D eigenvalue weighted by molar-refractivity contribution is 0.0938. The van der Waals surface area contributed by atoms with Crippen LogP contribution < -0.4 is 5.32 Å². The van der Waals surface area contributed by atoms with Gasteiger partial charge in [-0.3, -0.25) is 9.69 Å². The minimum Gasteiger partial charge on any atom is -0.350 e. The van der Waals surface area contributed by atoms with Crippen LogP contribution in [-0.2, 0) is 0 Å². The smallest absolute Gasteiger partial charge is 0.252 e. The molecule has 1 saturated heterocycles. The van der Waals surface area contributed by atoms with Crippen molar-refractivity contribution in [3.05, 3.63) is 69.2 Å². The molecule has 0 aliphatic carbocycles. The molecular formula is C19H20BrClN2O. The molecule has 1 aliphatic heterocycles. The van der Waals surface area contributed by atoms with Gasteiger partial charge in [0.25, 0.3) is 5.91 Å². The Morgan fingerprint density at radius 1 is 1.17 bits per heavy atom. The van der Waals surface area contributed by atoms with E-state index < -0.39 is 0 Å². The van der Waals surface area contributed by atoms with E-state index >= 15 is 0 Å². The molecule has 24 heavy (non-hydrogen) atoms. The number of benzene rings is 2. The SMILES string of the molecule is O=C(NCC(c1ccccc1)N1CCCC1)c1cc(Br)ccc1Cl. The number of nitrogens with zero attached hydrogens (tertiary/aromatic N) is 1. The maximum absolute atomic E-state index is 12.5. The zero-order valence-electron chi connectivity index (χ0n) is 13.3. The van der Waals surface area contributed by atoms with Crippen LogP contribution in [0, 0.1) is 0 Å². The van der Waals surface area contributed by atoms with Gasteiger partial charge < -0.3 is 5.32 Å². The fourth-order valence-corrected chi connectivity index (χ4v) is 3.71. The highest BCUT2D eigenvalue weighted by Crippen LogP contribution is 2.25. The van der Waals surface area contributed by atoms with E-state index in [1.807, 2.05) is 24.3 Å². The molecule has 0 aromatic heterocycles. The summed E-state index contributed by atoms with van der Waals surface area (Å²) in [7, 11) is 0. The van der Waals surface area contributed by atoms with Crippen LogP contribution >= 0.6 is 27.5 Å². The van der Waals surface area contributed by atoms with Crippen molar-refractivity contribution in [2.75, 3.05) is 19.6 Å². The van der Waals surface area contributed by atoms with Crippen molar-refractivity contribution < 1.29 is 4.79 Å². The number of hydrogen-bond donors (Lipinski definition) is 1. The van der Waals surface area contributed by atoms with E-state index in [0.29, 0.717) is 17.1 Å². The van der Waals surface area contributed by atoms with Gasteiger partial charge in [0.1, 0.15) is 0 Å². The summed E-state index contributed by atoms with van der Waals surface area (Å²) in [6.45, 7) is 2.73. The zero-order chi connectivity index (χ0) is 16.9. The summed E-state index contributed by atoms with van der Waals surface area (Å²) in [5.74, 6) is -0.138. The Morgan fingerprint density at radius 3 is 2.58 bits per heavy atom. The third-order valence-electron chi connectivity index (χ3n) is 4.39. The van der Waals surface area contributed by atoms with Crippen LogP contribution in [0.3, 0.4) is 0 Å². The maximum atomic E-state index is 12.5. The molecule has 0 radical (unpaired) electrons. The van der Waals surface area contributed by atoms with Crippen LogP contribution in [-0.4, -0.2) is 30.4 Å². The first-order chi connectivity index (χ1) is 11.6. The molecule has 1 unspecified atom stereocenters. The second-order valence-electron chi connectivity index (χ2n) is 6.00. The Kier molecular flexibility index (Phi) is 5.93. The van der Waals surface area contributed by atoms with Crippen molar-refractivity contribution in [2.45, 2.75) is 18.9 Å². The summed E-state index contributed by atoms with van der Waals surface area (Å²) in [4.78, 5) is 15.0. The number of likely N-dealkylation sites (tertiary alicyclic amines) is 1. The molecule has 0 spiro atoms. The molecule has 0 bridgehead atoms. The van der Waals surface area contributed by atoms with E-state index in [2.05, 4.69) is 38.3 Å². The second-order valence-corrected chi connectivity index (χ2v) is 7.33. The quantitative estimate of drug-likeness (QED) is 0.781. The maximum Gasteiger partial charge on any atom is 0.252 e. The summed E-state index contributed by atoms with van der Waals surface area (Å²) in [6.07, 6.45) is 2.43. The fourth-order valence-electron chi connectivity index (χ4n) is 3.14. The lowest BCUT2D eigenvalue weighted by Crippen LogP contribution is -2.36. The fraction of sp³-hybridized carbons (Fsp3) is 0.316. The topological polar surface area (TPSA) is 32.3 Å². The van der Waals surface area contributed by atoms with Gasteiger partial charge in [0, 0.05) is 11.0 Å². The van der Waals surface area contributed by atoms with Gasteiger partial charge in [-0.2, -0.15) is 0 Å². The molecule has 1 aliphatic rings.